The molecule has 4 heteroatoms. The molecule has 0 spiro atoms. The summed E-state index contributed by atoms with van der Waals surface area (Å²) in [5.74, 6) is 0.210. The van der Waals surface area contributed by atoms with Gasteiger partial charge in [-0.05, 0) is 42.7 Å². The molecule has 0 aliphatic carbocycles. The first kappa shape index (κ1) is 15.6. The van der Waals surface area contributed by atoms with Gasteiger partial charge in [0.2, 0.25) is 0 Å². The second-order valence-corrected chi connectivity index (χ2v) is 5.98. The lowest BCUT2D eigenvalue weighted by Crippen LogP contribution is -2.32. The van der Waals surface area contributed by atoms with E-state index in [-0.39, 0.29) is 11.8 Å². The van der Waals surface area contributed by atoms with Crippen LogP contribution >= 0.6 is 0 Å². The molecule has 3 aromatic rings. The van der Waals surface area contributed by atoms with Crippen LogP contribution in [-0.2, 0) is 6.42 Å². The average Bonchev–Trinajstić information content (AvgIpc) is 2.96. The summed E-state index contributed by atoms with van der Waals surface area (Å²) < 4.78 is 0. The summed E-state index contributed by atoms with van der Waals surface area (Å²) >= 11 is 0. The third-order valence-corrected chi connectivity index (χ3v) is 4.14. The van der Waals surface area contributed by atoms with Gasteiger partial charge in [0.1, 0.15) is 5.75 Å². The molecule has 1 heterocycles. The number of phenolic OH excluding ortho intramolecular Hbond substituents is 1. The Labute approximate surface area is 135 Å². The minimum absolute atomic E-state index is 0.210. The van der Waals surface area contributed by atoms with Crippen LogP contribution in [0.3, 0.4) is 0 Å². The Bertz CT molecular complexity index is 764. The van der Waals surface area contributed by atoms with Crippen molar-refractivity contribution in [3.05, 3.63) is 65.9 Å². The van der Waals surface area contributed by atoms with Crippen LogP contribution in [0, 0.1) is 0 Å². The first-order chi connectivity index (χ1) is 11.1. The monoisotopic (exact) mass is 310 g/mol. The Morgan fingerprint density at radius 2 is 1.83 bits per heavy atom. The number of para-hydroxylation sites is 1. The van der Waals surface area contributed by atoms with Gasteiger partial charge >= 0.3 is 0 Å². The number of fused-ring (bicyclic) bond motifs is 1. The zero-order valence-corrected chi connectivity index (χ0v) is 13.2. The van der Waals surface area contributed by atoms with Crippen molar-refractivity contribution in [3.63, 3.8) is 0 Å². The predicted octanol–water partition coefficient (Wildman–Crippen LogP) is 3.13. The van der Waals surface area contributed by atoms with Gasteiger partial charge in [-0.25, -0.2) is 0 Å². The van der Waals surface area contributed by atoms with Gasteiger partial charge in [-0.1, -0.05) is 30.3 Å². The van der Waals surface area contributed by atoms with Crippen molar-refractivity contribution in [2.45, 2.75) is 25.5 Å². The largest absolute Gasteiger partial charge is 0.508 e. The maximum atomic E-state index is 10.2. The maximum absolute atomic E-state index is 10.2. The van der Waals surface area contributed by atoms with Crippen LogP contribution in [-0.4, -0.2) is 27.8 Å². The lowest BCUT2D eigenvalue weighted by molar-refractivity contribution is 0.170. The van der Waals surface area contributed by atoms with E-state index in [1.54, 1.807) is 24.3 Å². The number of nitrogens with one attached hydrogen (secondary N) is 2. The van der Waals surface area contributed by atoms with Crippen LogP contribution in [0.5, 0.6) is 5.75 Å². The van der Waals surface area contributed by atoms with Crippen molar-refractivity contribution < 1.29 is 10.2 Å². The Balaban J connectivity index is 1.57. The van der Waals surface area contributed by atoms with Crippen LogP contribution in [0.1, 0.15) is 24.2 Å². The predicted molar refractivity (Wildman–Crippen MR) is 92.5 cm³/mol. The fourth-order valence-electron chi connectivity index (χ4n) is 2.83. The zero-order chi connectivity index (χ0) is 16.2. The molecule has 120 valence electrons. The summed E-state index contributed by atoms with van der Waals surface area (Å²) in [5, 5.41) is 24.1. The van der Waals surface area contributed by atoms with Gasteiger partial charge in [0, 0.05) is 29.7 Å². The summed E-state index contributed by atoms with van der Waals surface area (Å²) in [5.41, 5.74) is 3.23. The third-order valence-electron chi connectivity index (χ3n) is 4.14. The Hall–Kier alpha value is -2.30. The van der Waals surface area contributed by atoms with E-state index in [4.69, 9.17) is 0 Å². The van der Waals surface area contributed by atoms with Crippen LogP contribution in [0.2, 0.25) is 0 Å². The molecule has 0 radical (unpaired) electrons. The van der Waals surface area contributed by atoms with E-state index in [0.29, 0.717) is 6.54 Å². The molecule has 2 atom stereocenters. The quantitative estimate of drug-likeness (QED) is 0.565. The van der Waals surface area contributed by atoms with E-state index in [2.05, 4.69) is 35.6 Å². The molecular formula is C19H22N2O2. The second kappa shape index (κ2) is 6.86. The highest BCUT2D eigenvalue weighted by molar-refractivity contribution is 5.83. The highest BCUT2D eigenvalue weighted by Gasteiger charge is 2.11. The zero-order valence-electron chi connectivity index (χ0n) is 13.2. The molecule has 2 aromatic carbocycles. The van der Waals surface area contributed by atoms with Gasteiger partial charge in [-0.2, -0.15) is 0 Å². The summed E-state index contributed by atoms with van der Waals surface area (Å²) in [6.07, 6.45) is 2.37. The Morgan fingerprint density at radius 3 is 2.61 bits per heavy atom. The van der Waals surface area contributed by atoms with Crippen molar-refractivity contribution in [1.29, 1.82) is 0 Å². The lowest BCUT2D eigenvalue weighted by Gasteiger charge is -2.17. The molecule has 3 rings (SSSR count). The van der Waals surface area contributed by atoms with E-state index < -0.39 is 6.10 Å². The molecule has 1 aromatic heterocycles. The van der Waals surface area contributed by atoms with Crippen LogP contribution in [0.15, 0.2) is 54.7 Å². The highest BCUT2D eigenvalue weighted by Crippen LogP contribution is 2.20. The molecule has 23 heavy (non-hydrogen) atoms. The number of aromatic amines is 1. The number of H-pyrrole nitrogens is 1. The standard InChI is InChI=1S/C19H22N2O2/c1-13(10-15-11-21-18-5-3-2-4-17(15)18)20-12-19(23)14-6-8-16(22)9-7-14/h2-9,11,13,19-23H,10,12H2,1H3/t13-,19+/m1/s1. The fraction of sp³-hybridized carbons (Fsp3) is 0.263. The van der Waals surface area contributed by atoms with Crippen LogP contribution < -0.4 is 5.32 Å². The minimum Gasteiger partial charge on any atom is -0.508 e. The summed E-state index contributed by atoms with van der Waals surface area (Å²) in [7, 11) is 0. The van der Waals surface area contributed by atoms with E-state index >= 15 is 0 Å². The molecule has 0 amide bonds. The molecule has 0 aliphatic rings. The molecule has 0 aliphatic heterocycles. The van der Waals surface area contributed by atoms with Gasteiger partial charge < -0.3 is 20.5 Å². The average molecular weight is 310 g/mol. The van der Waals surface area contributed by atoms with Crippen LogP contribution in [0.25, 0.3) is 10.9 Å². The molecule has 4 nitrogen and oxygen atoms in total. The number of phenols is 1. The number of aliphatic hydroxyl groups excluding tert-OH is 1. The van der Waals surface area contributed by atoms with Crippen molar-refractivity contribution in [2.24, 2.45) is 0 Å². The number of hydrogen-bond acceptors (Lipinski definition) is 3. The van der Waals surface area contributed by atoms with Crippen molar-refractivity contribution in [2.75, 3.05) is 6.54 Å². The smallest absolute Gasteiger partial charge is 0.115 e. The number of aromatic nitrogens is 1. The number of hydrogen-bond donors (Lipinski definition) is 4. The van der Waals surface area contributed by atoms with Crippen molar-refractivity contribution >= 4 is 10.9 Å². The van der Waals surface area contributed by atoms with Gasteiger partial charge in [-0.15, -0.1) is 0 Å². The normalized spacial score (nSPS) is 14.0. The fourth-order valence-corrected chi connectivity index (χ4v) is 2.83. The minimum atomic E-state index is -0.582. The summed E-state index contributed by atoms with van der Waals surface area (Å²) in [6, 6.07) is 15.2. The second-order valence-electron chi connectivity index (χ2n) is 5.98. The topological polar surface area (TPSA) is 68.3 Å². The first-order valence-corrected chi connectivity index (χ1v) is 7.89. The molecule has 4 N–H and O–H groups in total. The highest BCUT2D eigenvalue weighted by atomic mass is 16.3. The molecule has 0 fully saturated rings. The summed E-state index contributed by atoms with van der Waals surface area (Å²) in [4.78, 5) is 3.29. The molecule has 0 saturated carbocycles. The van der Waals surface area contributed by atoms with Gasteiger partial charge in [-0.3, -0.25) is 0 Å². The van der Waals surface area contributed by atoms with E-state index in [1.165, 1.54) is 10.9 Å². The van der Waals surface area contributed by atoms with E-state index in [1.807, 2.05) is 12.1 Å². The number of aromatic hydroxyl groups is 1. The number of rotatable bonds is 6. The lowest BCUT2D eigenvalue weighted by atomic mass is 10.1. The number of benzene rings is 2. The Morgan fingerprint density at radius 1 is 1.09 bits per heavy atom. The molecule has 0 bridgehead atoms. The molecule has 0 saturated heterocycles. The number of aliphatic hydroxyl groups is 1. The van der Waals surface area contributed by atoms with Crippen LogP contribution in [0.4, 0.5) is 0 Å². The van der Waals surface area contributed by atoms with Gasteiger partial charge in [0.15, 0.2) is 0 Å². The SMILES string of the molecule is C[C@H](Cc1c[nH]c2ccccc12)NC[C@H](O)c1ccc(O)cc1. The van der Waals surface area contributed by atoms with E-state index in [0.717, 1.165) is 17.5 Å². The third kappa shape index (κ3) is 3.73. The van der Waals surface area contributed by atoms with Gasteiger partial charge in [0.05, 0.1) is 6.10 Å². The van der Waals surface area contributed by atoms with Crippen molar-refractivity contribution in [1.82, 2.24) is 10.3 Å². The first-order valence-electron chi connectivity index (χ1n) is 7.89. The van der Waals surface area contributed by atoms with Gasteiger partial charge in [0.25, 0.3) is 0 Å². The summed E-state index contributed by atoms with van der Waals surface area (Å²) in [6.45, 7) is 2.60. The van der Waals surface area contributed by atoms with E-state index in [9.17, 15) is 10.2 Å². The Kier molecular flexibility index (Phi) is 4.65. The maximum Gasteiger partial charge on any atom is 0.115 e. The van der Waals surface area contributed by atoms with Crippen molar-refractivity contribution in [3.8, 4) is 5.75 Å². The molecular weight excluding hydrogens is 288 g/mol. The molecule has 0 unspecified atom stereocenters.